The van der Waals surface area contributed by atoms with Gasteiger partial charge >= 0.3 is 0 Å². The van der Waals surface area contributed by atoms with E-state index in [2.05, 4.69) is 4.90 Å². The Kier molecular flexibility index (Phi) is 6.39. The molecule has 3 aromatic rings. The van der Waals surface area contributed by atoms with Crippen LogP contribution in [0.3, 0.4) is 0 Å². The van der Waals surface area contributed by atoms with Crippen molar-refractivity contribution in [3.05, 3.63) is 70.4 Å². The van der Waals surface area contributed by atoms with E-state index in [0.29, 0.717) is 31.1 Å². The van der Waals surface area contributed by atoms with E-state index in [1.165, 1.54) is 11.3 Å². The Hall–Kier alpha value is -3.37. The molecule has 1 fully saturated rings. The van der Waals surface area contributed by atoms with Gasteiger partial charge < -0.3 is 14.9 Å². The van der Waals surface area contributed by atoms with Crippen molar-refractivity contribution in [2.75, 3.05) is 37.3 Å². The number of phenols is 1. The standard InChI is InChI=1S/C23H23N3O5S2/c1-33(30,31)24-22(28)16-5-7-19(8-6-16)25-9-11-26(12-10-25)23(29)21-14-18(15-32-21)17-3-2-4-20(27)13-17/h2-8,13-15,27H,9-12H2,1H3,(H,24,28). The van der Waals surface area contributed by atoms with E-state index in [-0.39, 0.29) is 17.2 Å². The third-order valence-corrected chi connectivity index (χ3v) is 6.80. The van der Waals surface area contributed by atoms with Crippen LogP contribution in [0.2, 0.25) is 0 Å². The summed E-state index contributed by atoms with van der Waals surface area (Å²) >= 11 is 1.39. The van der Waals surface area contributed by atoms with Crippen LogP contribution in [0.1, 0.15) is 20.0 Å². The van der Waals surface area contributed by atoms with E-state index in [9.17, 15) is 23.1 Å². The van der Waals surface area contributed by atoms with Gasteiger partial charge in [0.15, 0.2) is 0 Å². The van der Waals surface area contributed by atoms with Crippen LogP contribution in [0.25, 0.3) is 11.1 Å². The van der Waals surface area contributed by atoms with Crippen LogP contribution in [-0.4, -0.2) is 62.7 Å². The van der Waals surface area contributed by atoms with E-state index < -0.39 is 15.9 Å². The van der Waals surface area contributed by atoms with Crippen molar-refractivity contribution in [3.8, 4) is 16.9 Å². The quantitative estimate of drug-likeness (QED) is 0.576. The molecule has 2 amide bonds. The molecule has 2 heterocycles. The third-order valence-electron chi connectivity index (χ3n) is 5.33. The lowest BCUT2D eigenvalue weighted by atomic mass is 10.1. The molecule has 1 aromatic heterocycles. The number of nitrogens with zero attached hydrogens (tertiary/aromatic N) is 2. The molecule has 2 N–H and O–H groups in total. The van der Waals surface area contributed by atoms with Crippen molar-refractivity contribution in [2.45, 2.75) is 0 Å². The lowest BCUT2D eigenvalue weighted by Crippen LogP contribution is -2.48. The number of hydrogen-bond donors (Lipinski definition) is 2. The SMILES string of the molecule is CS(=O)(=O)NC(=O)c1ccc(N2CCN(C(=O)c3cc(-c4cccc(O)c4)cs3)CC2)cc1. The molecule has 4 rings (SSSR count). The molecular weight excluding hydrogens is 462 g/mol. The number of hydrogen-bond acceptors (Lipinski definition) is 7. The number of benzene rings is 2. The maximum absolute atomic E-state index is 13.0. The van der Waals surface area contributed by atoms with Crippen LogP contribution in [0.15, 0.2) is 60.0 Å². The highest BCUT2D eigenvalue weighted by Gasteiger charge is 2.24. The van der Waals surface area contributed by atoms with E-state index in [0.717, 1.165) is 23.1 Å². The number of anilines is 1. The number of amides is 2. The summed E-state index contributed by atoms with van der Waals surface area (Å²) in [5, 5.41) is 11.6. The Balaban J connectivity index is 1.36. The molecule has 8 nitrogen and oxygen atoms in total. The van der Waals surface area contributed by atoms with Gasteiger partial charge in [-0.1, -0.05) is 12.1 Å². The molecule has 33 heavy (non-hydrogen) atoms. The Morgan fingerprint density at radius 2 is 1.67 bits per heavy atom. The van der Waals surface area contributed by atoms with Crippen LogP contribution in [-0.2, 0) is 10.0 Å². The summed E-state index contributed by atoms with van der Waals surface area (Å²) in [7, 11) is -3.61. The molecule has 0 unspecified atom stereocenters. The lowest BCUT2D eigenvalue weighted by Gasteiger charge is -2.36. The minimum atomic E-state index is -3.61. The summed E-state index contributed by atoms with van der Waals surface area (Å²) in [5.41, 5.74) is 2.93. The summed E-state index contributed by atoms with van der Waals surface area (Å²) in [5.74, 6) is -0.494. The van der Waals surface area contributed by atoms with Crippen LogP contribution >= 0.6 is 11.3 Å². The van der Waals surface area contributed by atoms with Gasteiger partial charge in [-0.2, -0.15) is 0 Å². The fourth-order valence-electron chi connectivity index (χ4n) is 3.66. The second kappa shape index (κ2) is 9.24. The molecule has 0 atom stereocenters. The largest absolute Gasteiger partial charge is 0.508 e. The summed E-state index contributed by atoms with van der Waals surface area (Å²) in [6, 6.07) is 15.5. The first-order chi connectivity index (χ1) is 15.7. The molecule has 0 radical (unpaired) electrons. The van der Waals surface area contributed by atoms with Crippen molar-refractivity contribution in [1.29, 1.82) is 0 Å². The molecule has 1 saturated heterocycles. The zero-order chi connectivity index (χ0) is 23.6. The summed E-state index contributed by atoms with van der Waals surface area (Å²) < 4.78 is 24.4. The number of rotatable bonds is 5. The molecule has 1 aliphatic rings. The fourth-order valence-corrected chi connectivity index (χ4v) is 5.00. The topological polar surface area (TPSA) is 107 Å². The Morgan fingerprint density at radius 3 is 2.30 bits per heavy atom. The minimum Gasteiger partial charge on any atom is -0.508 e. The van der Waals surface area contributed by atoms with Gasteiger partial charge in [0.05, 0.1) is 11.1 Å². The average Bonchev–Trinajstić information content (AvgIpc) is 3.28. The first-order valence-corrected chi connectivity index (χ1v) is 13.0. The van der Waals surface area contributed by atoms with Gasteiger partial charge in [0.2, 0.25) is 10.0 Å². The normalized spacial score (nSPS) is 14.2. The van der Waals surface area contributed by atoms with Crippen LogP contribution in [0, 0.1) is 0 Å². The lowest BCUT2D eigenvalue weighted by molar-refractivity contribution is 0.0751. The number of piperazine rings is 1. The smallest absolute Gasteiger partial charge is 0.264 e. The Morgan fingerprint density at radius 1 is 0.970 bits per heavy atom. The van der Waals surface area contributed by atoms with Crippen molar-refractivity contribution in [2.24, 2.45) is 0 Å². The predicted octanol–water partition coefficient (Wildman–Crippen LogP) is 2.77. The molecule has 1 aliphatic heterocycles. The average molecular weight is 486 g/mol. The summed E-state index contributed by atoms with van der Waals surface area (Å²) in [6.07, 6.45) is 0.934. The number of aromatic hydroxyl groups is 1. The minimum absolute atomic E-state index is 0.0150. The van der Waals surface area contributed by atoms with Gasteiger partial charge in [-0.3, -0.25) is 9.59 Å². The summed E-state index contributed by atoms with van der Waals surface area (Å²) in [4.78, 5) is 29.5. The first kappa shape index (κ1) is 22.8. The molecule has 0 spiro atoms. The molecule has 0 aliphatic carbocycles. The van der Waals surface area contributed by atoms with E-state index in [1.54, 1.807) is 42.5 Å². The van der Waals surface area contributed by atoms with Gasteiger partial charge in [0.1, 0.15) is 5.75 Å². The molecule has 2 aromatic carbocycles. The second-order valence-electron chi connectivity index (χ2n) is 7.78. The fraction of sp³-hybridized carbons (Fsp3) is 0.217. The highest BCUT2D eigenvalue weighted by Crippen LogP contribution is 2.29. The van der Waals surface area contributed by atoms with Crippen LogP contribution in [0.5, 0.6) is 5.75 Å². The number of nitrogens with one attached hydrogen (secondary N) is 1. The summed E-state index contributed by atoms with van der Waals surface area (Å²) in [6.45, 7) is 2.42. The van der Waals surface area contributed by atoms with Gasteiger partial charge in [0.25, 0.3) is 11.8 Å². The number of sulfonamides is 1. The van der Waals surface area contributed by atoms with E-state index in [4.69, 9.17) is 0 Å². The molecule has 172 valence electrons. The maximum Gasteiger partial charge on any atom is 0.264 e. The first-order valence-electron chi connectivity index (χ1n) is 10.2. The molecule has 0 saturated carbocycles. The highest BCUT2D eigenvalue weighted by atomic mass is 32.2. The maximum atomic E-state index is 13.0. The molecule has 10 heteroatoms. The van der Waals surface area contributed by atoms with Gasteiger partial charge in [-0.05, 0) is 59.0 Å². The third kappa shape index (κ3) is 5.52. The number of thiophene rings is 1. The van der Waals surface area contributed by atoms with Crippen molar-refractivity contribution in [3.63, 3.8) is 0 Å². The number of carbonyl (C=O) groups is 2. The Labute approximate surface area is 196 Å². The second-order valence-corrected chi connectivity index (χ2v) is 10.4. The van der Waals surface area contributed by atoms with Crippen LogP contribution < -0.4 is 9.62 Å². The van der Waals surface area contributed by atoms with Gasteiger partial charge in [-0.25, -0.2) is 13.1 Å². The molecular formula is C23H23N3O5S2. The number of carbonyl (C=O) groups excluding carboxylic acids is 2. The van der Waals surface area contributed by atoms with Crippen molar-refractivity contribution >= 4 is 38.9 Å². The Bertz CT molecular complexity index is 1280. The highest BCUT2D eigenvalue weighted by molar-refractivity contribution is 7.89. The molecule has 0 bridgehead atoms. The zero-order valence-corrected chi connectivity index (χ0v) is 19.5. The van der Waals surface area contributed by atoms with E-state index in [1.807, 2.05) is 27.1 Å². The van der Waals surface area contributed by atoms with Gasteiger partial charge in [-0.15, -0.1) is 11.3 Å². The monoisotopic (exact) mass is 485 g/mol. The van der Waals surface area contributed by atoms with Crippen molar-refractivity contribution in [1.82, 2.24) is 9.62 Å². The predicted molar refractivity (Wildman–Crippen MR) is 128 cm³/mol. The zero-order valence-electron chi connectivity index (χ0n) is 17.9. The number of phenolic OH excluding ortho intramolecular Hbond substituents is 1. The van der Waals surface area contributed by atoms with Crippen LogP contribution in [0.4, 0.5) is 5.69 Å². The van der Waals surface area contributed by atoms with Crippen molar-refractivity contribution < 1.29 is 23.1 Å². The van der Waals surface area contributed by atoms with E-state index >= 15 is 0 Å². The van der Waals surface area contributed by atoms with Gasteiger partial charge in [0, 0.05) is 37.4 Å².